The number of para-hydroxylation sites is 1. The van der Waals surface area contributed by atoms with E-state index in [1.54, 1.807) is 18.2 Å². The second-order valence-electron chi connectivity index (χ2n) is 9.22. The topological polar surface area (TPSA) is 47.6 Å². The predicted octanol–water partition coefficient (Wildman–Crippen LogP) is 4.21. The van der Waals surface area contributed by atoms with Crippen molar-refractivity contribution in [2.45, 2.75) is 65.1 Å². The lowest BCUT2D eigenvalue weighted by atomic mass is 9.94. The lowest BCUT2D eigenvalue weighted by molar-refractivity contribution is -0.134. The summed E-state index contributed by atoms with van der Waals surface area (Å²) in [4.78, 5) is 17.4. The fourth-order valence-corrected chi connectivity index (χ4v) is 4.74. The van der Waals surface area contributed by atoms with Crippen LogP contribution in [0, 0.1) is 17.7 Å². The number of nitrogens with zero attached hydrogens (tertiary/aromatic N) is 2. The highest BCUT2D eigenvalue weighted by molar-refractivity contribution is 7.80. The van der Waals surface area contributed by atoms with Crippen molar-refractivity contribution in [3.8, 4) is 0 Å². The molecular formula is C23H35FN4OS. The van der Waals surface area contributed by atoms with Crippen LogP contribution in [0.4, 0.5) is 10.1 Å². The molecule has 2 aliphatic heterocycles. The van der Waals surface area contributed by atoms with E-state index < -0.39 is 0 Å². The molecule has 7 heteroatoms. The Bertz CT molecular complexity index is 763. The maximum atomic E-state index is 14.0. The van der Waals surface area contributed by atoms with Crippen LogP contribution in [0.15, 0.2) is 24.3 Å². The minimum absolute atomic E-state index is 0.107. The first-order valence-corrected chi connectivity index (χ1v) is 11.6. The molecule has 0 aliphatic carbocycles. The number of hydrogen-bond acceptors (Lipinski definition) is 3. The van der Waals surface area contributed by atoms with Gasteiger partial charge in [-0.1, -0.05) is 46.2 Å². The fraction of sp³-hybridized carbons (Fsp3) is 0.652. The summed E-state index contributed by atoms with van der Waals surface area (Å²) in [6, 6.07) is 6.45. The molecular weight excluding hydrogens is 399 g/mol. The van der Waals surface area contributed by atoms with Gasteiger partial charge in [-0.2, -0.15) is 0 Å². The third kappa shape index (κ3) is 4.94. The average Bonchev–Trinajstić information content (AvgIpc) is 2.94. The number of thiocarbonyl (C=S) groups is 1. The van der Waals surface area contributed by atoms with Gasteiger partial charge in [0.05, 0.1) is 17.4 Å². The van der Waals surface area contributed by atoms with Crippen molar-refractivity contribution in [1.82, 2.24) is 15.1 Å². The molecule has 2 heterocycles. The van der Waals surface area contributed by atoms with Gasteiger partial charge in [-0.05, 0) is 42.6 Å². The summed E-state index contributed by atoms with van der Waals surface area (Å²) in [7, 11) is 0. The molecule has 2 N–H and O–H groups in total. The molecule has 1 amide bonds. The molecule has 30 heavy (non-hydrogen) atoms. The molecule has 0 aromatic heterocycles. The minimum Gasteiger partial charge on any atom is -0.349 e. The Labute approximate surface area is 185 Å². The van der Waals surface area contributed by atoms with Gasteiger partial charge in [0.1, 0.15) is 5.82 Å². The number of anilines is 1. The number of piperidine rings is 1. The fourth-order valence-electron chi connectivity index (χ4n) is 4.45. The number of carbonyl (C=O) groups is 1. The van der Waals surface area contributed by atoms with Gasteiger partial charge in [-0.3, -0.25) is 10.1 Å². The summed E-state index contributed by atoms with van der Waals surface area (Å²) in [6.07, 6.45) is 3.53. The quantitative estimate of drug-likeness (QED) is 0.657. The van der Waals surface area contributed by atoms with E-state index in [4.69, 9.17) is 12.2 Å². The molecule has 2 saturated heterocycles. The van der Waals surface area contributed by atoms with Crippen LogP contribution in [0.3, 0.4) is 0 Å². The van der Waals surface area contributed by atoms with E-state index in [2.05, 4.69) is 48.1 Å². The zero-order valence-corrected chi connectivity index (χ0v) is 19.4. The first-order valence-electron chi connectivity index (χ1n) is 11.2. The average molecular weight is 435 g/mol. The number of hydrogen-bond donors (Lipinski definition) is 2. The van der Waals surface area contributed by atoms with E-state index in [0.717, 1.165) is 45.3 Å². The Hall–Kier alpha value is -1.73. The third-order valence-electron chi connectivity index (χ3n) is 6.42. The second-order valence-corrected chi connectivity index (χ2v) is 9.60. The number of rotatable bonds is 6. The van der Waals surface area contributed by atoms with E-state index in [-0.39, 0.29) is 23.4 Å². The van der Waals surface area contributed by atoms with Crippen LogP contribution in [-0.4, -0.2) is 52.2 Å². The number of likely N-dealkylation sites (tertiary alicyclic amines) is 1. The second kappa shape index (κ2) is 9.60. The van der Waals surface area contributed by atoms with E-state index in [1.165, 1.54) is 6.07 Å². The number of benzene rings is 1. The highest BCUT2D eigenvalue weighted by Crippen LogP contribution is 2.35. The van der Waals surface area contributed by atoms with Gasteiger partial charge >= 0.3 is 0 Å². The summed E-state index contributed by atoms with van der Waals surface area (Å²) >= 11 is 5.55. The molecule has 1 aromatic rings. The highest BCUT2D eigenvalue weighted by Gasteiger charge is 2.51. The van der Waals surface area contributed by atoms with Gasteiger partial charge in [0.2, 0.25) is 5.91 Å². The van der Waals surface area contributed by atoms with Crippen molar-refractivity contribution in [3.63, 3.8) is 0 Å². The number of nitrogens with one attached hydrogen (secondary N) is 2. The maximum Gasteiger partial charge on any atom is 0.241 e. The van der Waals surface area contributed by atoms with E-state index in [9.17, 15) is 9.18 Å². The van der Waals surface area contributed by atoms with Crippen molar-refractivity contribution in [2.24, 2.45) is 11.8 Å². The van der Waals surface area contributed by atoms with E-state index in [0.29, 0.717) is 22.6 Å². The Morgan fingerprint density at radius 1 is 1.30 bits per heavy atom. The first-order chi connectivity index (χ1) is 14.3. The van der Waals surface area contributed by atoms with Gasteiger partial charge in [-0.25, -0.2) is 4.39 Å². The zero-order valence-electron chi connectivity index (χ0n) is 18.6. The number of amides is 1. The smallest absolute Gasteiger partial charge is 0.241 e. The Balaban J connectivity index is 1.69. The molecule has 0 bridgehead atoms. The molecule has 3 rings (SSSR count). The Morgan fingerprint density at radius 2 is 1.97 bits per heavy atom. The molecule has 1 spiro atoms. The van der Waals surface area contributed by atoms with Gasteiger partial charge in [0.25, 0.3) is 0 Å². The van der Waals surface area contributed by atoms with Crippen LogP contribution in [0.25, 0.3) is 0 Å². The summed E-state index contributed by atoms with van der Waals surface area (Å²) in [5.74, 6) is 0.856. The molecule has 1 aromatic carbocycles. The third-order valence-corrected chi connectivity index (χ3v) is 6.78. The SMILES string of the molecule is CC[C@H](C)CN1C(=O)[C@@H](CC(C)C)NC12CCN(C(=S)Nc1ccccc1F)CC2. The normalized spacial score (nSPS) is 22.1. The highest BCUT2D eigenvalue weighted by atomic mass is 32.1. The molecule has 0 unspecified atom stereocenters. The summed E-state index contributed by atoms with van der Waals surface area (Å²) in [6.45, 7) is 10.9. The predicted molar refractivity (Wildman–Crippen MR) is 124 cm³/mol. The van der Waals surface area contributed by atoms with Crippen LogP contribution in [0.2, 0.25) is 0 Å². The van der Waals surface area contributed by atoms with Crippen LogP contribution >= 0.6 is 12.2 Å². The van der Waals surface area contributed by atoms with Crippen molar-refractivity contribution in [2.75, 3.05) is 25.0 Å². The molecule has 0 saturated carbocycles. The lowest BCUT2D eigenvalue weighted by Gasteiger charge is -2.46. The molecule has 166 valence electrons. The van der Waals surface area contributed by atoms with Crippen molar-refractivity contribution < 1.29 is 9.18 Å². The minimum atomic E-state index is -0.312. The molecule has 2 aliphatic rings. The van der Waals surface area contributed by atoms with Crippen LogP contribution in [0.5, 0.6) is 0 Å². The van der Waals surface area contributed by atoms with Crippen molar-refractivity contribution >= 4 is 28.9 Å². The maximum absolute atomic E-state index is 14.0. The molecule has 5 nitrogen and oxygen atoms in total. The van der Waals surface area contributed by atoms with Gasteiger partial charge < -0.3 is 15.1 Å². The Morgan fingerprint density at radius 3 is 2.57 bits per heavy atom. The van der Waals surface area contributed by atoms with Crippen LogP contribution in [0.1, 0.15) is 53.4 Å². The van der Waals surface area contributed by atoms with Crippen molar-refractivity contribution in [3.05, 3.63) is 30.1 Å². The van der Waals surface area contributed by atoms with Gasteiger partial charge in [0.15, 0.2) is 5.11 Å². The van der Waals surface area contributed by atoms with Crippen molar-refractivity contribution in [1.29, 1.82) is 0 Å². The molecule has 0 radical (unpaired) electrons. The molecule has 2 fully saturated rings. The largest absolute Gasteiger partial charge is 0.349 e. The summed E-state index contributed by atoms with van der Waals surface area (Å²) in [5.41, 5.74) is 0.0943. The zero-order chi connectivity index (χ0) is 21.9. The van der Waals surface area contributed by atoms with Gasteiger partial charge in [0, 0.05) is 32.5 Å². The summed E-state index contributed by atoms with van der Waals surface area (Å²) < 4.78 is 14.0. The standard InChI is InChI=1S/C23H35FN4OS/c1-5-17(4)15-28-21(29)20(14-16(2)3)26-23(28)10-12-27(13-11-23)22(30)25-19-9-7-6-8-18(19)24/h6-9,16-17,20,26H,5,10-15H2,1-4H3,(H,25,30)/t17-,20+/m0/s1. The van der Waals surface area contributed by atoms with Crippen LogP contribution in [-0.2, 0) is 4.79 Å². The first kappa shape index (κ1) is 22.9. The number of halogens is 1. The molecule has 2 atom stereocenters. The van der Waals surface area contributed by atoms with Crippen LogP contribution < -0.4 is 10.6 Å². The number of carbonyl (C=O) groups excluding carboxylic acids is 1. The van der Waals surface area contributed by atoms with Gasteiger partial charge in [-0.15, -0.1) is 0 Å². The lowest BCUT2D eigenvalue weighted by Crippen LogP contribution is -2.60. The monoisotopic (exact) mass is 434 g/mol. The van der Waals surface area contributed by atoms with E-state index in [1.807, 2.05) is 0 Å². The Kier molecular flexibility index (Phi) is 7.34. The summed E-state index contributed by atoms with van der Waals surface area (Å²) in [5, 5.41) is 7.28. The van der Waals surface area contributed by atoms with E-state index >= 15 is 0 Å².